The maximum Gasteiger partial charge on any atom is 0.350 e. The predicted octanol–water partition coefficient (Wildman–Crippen LogP) is 6.01. The molecule has 4 aromatic rings. The van der Waals surface area contributed by atoms with E-state index in [0.29, 0.717) is 34.7 Å². The summed E-state index contributed by atoms with van der Waals surface area (Å²) in [6.07, 6.45) is 1.43. The standard InChI is InChI=1S/C33H28N2O7S/c1-4-16-41-32(40)30-20(3)34-33(43-30)35-27(22-10-13-24(36)14-11-22)26(29(38)31(35)39)28(37)23-12-15-25(19(2)17-23)42-18-21-8-6-5-7-9-21/h4-15,17,27,36-37H,1,16,18H2,2-3H3. The molecule has 0 radical (unpaired) electrons. The number of ether oxygens (including phenoxy) is 2. The maximum atomic E-state index is 13.5. The molecule has 1 aliphatic heterocycles. The zero-order chi connectivity index (χ0) is 30.7. The van der Waals surface area contributed by atoms with Gasteiger partial charge >= 0.3 is 11.9 Å². The molecule has 1 saturated heterocycles. The highest BCUT2D eigenvalue weighted by molar-refractivity contribution is 7.17. The highest BCUT2D eigenvalue weighted by atomic mass is 32.1. The summed E-state index contributed by atoms with van der Waals surface area (Å²) in [5.41, 5.74) is 2.64. The Labute approximate surface area is 252 Å². The number of phenols is 1. The van der Waals surface area contributed by atoms with Crippen LogP contribution in [-0.2, 0) is 20.9 Å². The van der Waals surface area contributed by atoms with Crippen LogP contribution in [0.1, 0.15) is 43.7 Å². The van der Waals surface area contributed by atoms with E-state index in [2.05, 4.69) is 11.6 Å². The molecule has 1 atom stereocenters. The molecule has 0 bridgehead atoms. The summed E-state index contributed by atoms with van der Waals surface area (Å²) in [4.78, 5) is 45.3. The average Bonchev–Trinajstić information content (AvgIpc) is 3.51. The van der Waals surface area contributed by atoms with Gasteiger partial charge in [-0.15, -0.1) is 0 Å². The summed E-state index contributed by atoms with van der Waals surface area (Å²) in [6, 6.07) is 19.5. The number of carbonyl (C=O) groups excluding carboxylic acids is 3. The van der Waals surface area contributed by atoms with E-state index in [1.807, 2.05) is 37.3 Å². The molecule has 2 N–H and O–H groups in total. The fraction of sp³-hybridized carbons (Fsp3) is 0.152. The Balaban J connectivity index is 1.55. The summed E-state index contributed by atoms with van der Waals surface area (Å²) in [6.45, 7) is 7.30. The number of rotatable bonds is 9. The van der Waals surface area contributed by atoms with Crippen molar-refractivity contribution in [3.8, 4) is 11.5 Å². The Morgan fingerprint density at radius 2 is 1.79 bits per heavy atom. The Hall–Kier alpha value is -5.22. The molecule has 1 amide bonds. The smallest absolute Gasteiger partial charge is 0.350 e. The molecule has 0 spiro atoms. The van der Waals surface area contributed by atoms with Gasteiger partial charge in [-0.1, -0.05) is 66.5 Å². The highest BCUT2D eigenvalue weighted by Crippen LogP contribution is 2.44. The number of hydrogen-bond donors (Lipinski definition) is 2. The molecule has 0 aliphatic carbocycles. The van der Waals surface area contributed by atoms with Crippen LogP contribution in [-0.4, -0.2) is 39.5 Å². The number of nitrogens with zero attached hydrogens (tertiary/aromatic N) is 2. The van der Waals surface area contributed by atoms with Gasteiger partial charge in [0.15, 0.2) is 5.13 Å². The number of ketones is 1. The van der Waals surface area contributed by atoms with Crippen LogP contribution in [0.25, 0.3) is 5.76 Å². The second-order valence-corrected chi connectivity index (χ2v) is 10.8. The molecular formula is C33H28N2O7S. The number of aryl methyl sites for hydroxylation is 2. The molecule has 218 valence electrons. The van der Waals surface area contributed by atoms with Gasteiger partial charge in [-0.3, -0.25) is 14.5 Å². The Morgan fingerprint density at radius 3 is 2.47 bits per heavy atom. The van der Waals surface area contributed by atoms with E-state index >= 15 is 0 Å². The van der Waals surface area contributed by atoms with E-state index < -0.39 is 23.7 Å². The van der Waals surface area contributed by atoms with Gasteiger partial charge in [0, 0.05) is 5.56 Å². The summed E-state index contributed by atoms with van der Waals surface area (Å²) in [5.74, 6) is -2.26. The lowest BCUT2D eigenvalue weighted by Crippen LogP contribution is -2.29. The second-order valence-electron chi connectivity index (χ2n) is 9.81. The van der Waals surface area contributed by atoms with Crippen molar-refractivity contribution in [1.82, 2.24) is 4.98 Å². The quantitative estimate of drug-likeness (QED) is 0.0791. The molecule has 1 aliphatic rings. The fourth-order valence-corrected chi connectivity index (χ4v) is 5.71. The SMILES string of the molecule is C=CCOC(=O)c1sc(N2C(=O)C(=O)C(=C(O)c3ccc(OCc4ccccc4)c(C)c3)C2c2ccc(O)cc2)nc1C. The molecular weight excluding hydrogens is 568 g/mol. The first-order chi connectivity index (χ1) is 20.7. The molecule has 10 heteroatoms. The van der Waals surface area contributed by atoms with Crippen LogP contribution in [0.4, 0.5) is 5.13 Å². The van der Waals surface area contributed by atoms with Crippen molar-refractivity contribution in [2.45, 2.75) is 26.5 Å². The molecule has 3 aromatic carbocycles. The first-order valence-electron chi connectivity index (χ1n) is 13.3. The normalized spacial score (nSPS) is 15.9. The van der Waals surface area contributed by atoms with Gasteiger partial charge in [-0.2, -0.15) is 0 Å². The fourth-order valence-electron chi connectivity index (χ4n) is 4.73. The third-order valence-electron chi connectivity index (χ3n) is 6.85. The zero-order valence-corrected chi connectivity index (χ0v) is 24.3. The van der Waals surface area contributed by atoms with Gasteiger partial charge in [0.25, 0.3) is 5.78 Å². The van der Waals surface area contributed by atoms with Gasteiger partial charge < -0.3 is 19.7 Å². The number of carbonyl (C=O) groups is 3. The Kier molecular flexibility index (Phi) is 8.40. The maximum absolute atomic E-state index is 13.5. The molecule has 0 saturated carbocycles. The molecule has 1 aromatic heterocycles. The minimum absolute atomic E-state index is 0.000961. The predicted molar refractivity (Wildman–Crippen MR) is 162 cm³/mol. The van der Waals surface area contributed by atoms with Crippen LogP contribution in [0.15, 0.2) is 91.0 Å². The number of aromatic nitrogens is 1. The number of aliphatic hydroxyl groups is 1. The number of phenolic OH excluding ortho intramolecular Hbond substituents is 1. The minimum atomic E-state index is -1.09. The lowest BCUT2D eigenvalue weighted by atomic mass is 9.95. The highest BCUT2D eigenvalue weighted by Gasteiger charge is 2.48. The Morgan fingerprint density at radius 1 is 1.07 bits per heavy atom. The van der Waals surface area contributed by atoms with Crippen LogP contribution >= 0.6 is 11.3 Å². The summed E-state index contributed by atoms with van der Waals surface area (Å²) in [5, 5.41) is 21.5. The Bertz CT molecular complexity index is 1740. The van der Waals surface area contributed by atoms with Crippen molar-refractivity contribution >= 4 is 39.9 Å². The molecule has 5 rings (SSSR count). The van der Waals surface area contributed by atoms with E-state index in [0.717, 1.165) is 21.8 Å². The van der Waals surface area contributed by atoms with Crippen molar-refractivity contribution in [1.29, 1.82) is 0 Å². The van der Waals surface area contributed by atoms with Crippen LogP contribution in [0, 0.1) is 13.8 Å². The van der Waals surface area contributed by atoms with Gasteiger partial charge in [0.05, 0.1) is 17.3 Å². The third kappa shape index (κ3) is 5.91. The number of thiazole rings is 1. The van der Waals surface area contributed by atoms with Crippen molar-refractivity contribution in [3.63, 3.8) is 0 Å². The molecule has 1 fully saturated rings. The van der Waals surface area contributed by atoms with Crippen molar-refractivity contribution < 1.29 is 34.1 Å². The second kappa shape index (κ2) is 12.3. The number of Topliss-reactive ketones (excluding diaryl/α,β-unsaturated/α-hetero) is 1. The first kappa shape index (κ1) is 29.3. The van der Waals surface area contributed by atoms with Gasteiger partial charge in [0.2, 0.25) is 0 Å². The minimum Gasteiger partial charge on any atom is -0.508 e. The molecule has 9 nitrogen and oxygen atoms in total. The average molecular weight is 597 g/mol. The first-order valence-corrected chi connectivity index (χ1v) is 14.1. The van der Waals surface area contributed by atoms with Crippen molar-refractivity contribution in [3.05, 3.63) is 124 Å². The molecule has 2 heterocycles. The largest absolute Gasteiger partial charge is 0.508 e. The lowest BCUT2D eigenvalue weighted by molar-refractivity contribution is -0.132. The number of benzene rings is 3. The summed E-state index contributed by atoms with van der Waals surface area (Å²) in [7, 11) is 0. The summed E-state index contributed by atoms with van der Waals surface area (Å²) < 4.78 is 11.1. The van der Waals surface area contributed by atoms with Crippen molar-refractivity contribution in [2.75, 3.05) is 11.5 Å². The van der Waals surface area contributed by atoms with Gasteiger partial charge in [-0.05, 0) is 60.9 Å². The third-order valence-corrected chi connectivity index (χ3v) is 7.98. The number of amides is 1. The van der Waals surface area contributed by atoms with Gasteiger partial charge in [-0.25, -0.2) is 9.78 Å². The topological polar surface area (TPSA) is 126 Å². The number of aromatic hydroxyl groups is 1. The number of anilines is 1. The monoisotopic (exact) mass is 596 g/mol. The van der Waals surface area contributed by atoms with Crippen LogP contribution in [0.3, 0.4) is 0 Å². The van der Waals surface area contributed by atoms with Crippen LogP contribution in [0.5, 0.6) is 11.5 Å². The van der Waals surface area contributed by atoms with E-state index in [1.54, 1.807) is 37.3 Å². The van der Waals surface area contributed by atoms with Crippen LogP contribution in [0.2, 0.25) is 0 Å². The lowest BCUT2D eigenvalue weighted by Gasteiger charge is -2.23. The van der Waals surface area contributed by atoms with E-state index in [4.69, 9.17) is 9.47 Å². The van der Waals surface area contributed by atoms with E-state index in [-0.39, 0.29) is 33.7 Å². The number of hydrogen-bond acceptors (Lipinski definition) is 9. The van der Waals surface area contributed by atoms with Gasteiger partial charge in [0.1, 0.15) is 35.3 Å². The number of aliphatic hydroxyl groups excluding tert-OH is 1. The van der Waals surface area contributed by atoms with Crippen molar-refractivity contribution in [2.24, 2.45) is 0 Å². The van der Waals surface area contributed by atoms with E-state index in [1.165, 1.54) is 18.2 Å². The zero-order valence-electron chi connectivity index (χ0n) is 23.4. The molecule has 43 heavy (non-hydrogen) atoms. The van der Waals surface area contributed by atoms with Crippen LogP contribution < -0.4 is 9.64 Å². The summed E-state index contributed by atoms with van der Waals surface area (Å²) >= 11 is 0.903. The number of esters is 1. The molecule has 1 unspecified atom stereocenters. The van der Waals surface area contributed by atoms with E-state index in [9.17, 15) is 24.6 Å².